The van der Waals surface area contributed by atoms with E-state index in [1.54, 1.807) is 7.11 Å². The topological polar surface area (TPSA) is 112 Å². The van der Waals surface area contributed by atoms with Crippen LogP contribution in [0.1, 0.15) is 18.7 Å². The molecule has 0 saturated heterocycles. The Morgan fingerprint density at radius 2 is 1.91 bits per heavy atom. The van der Waals surface area contributed by atoms with Crippen molar-refractivity contribution in [3.05, 3.63) is 59.9 Å². The number of para-hydroxylation sites is 1. The number of ether oxygens (including phenoxy) is 1. The number of nitrogens with two attached hydrogens (primary N) is 1. The monoisotopic (exact) mass is 489 g/mol. The second-order valence-electron chi connectivity index (χ2n) is 7.81. The van der Waals surface area contributed by atoms with Gasteiger partial charge in [-0.05, 0) is 31.0 Å². The highest BCUT2D eigenvalue weighted by Gasteiger charge is 2.20. The van der Waals surface area contributed by atoms with Crippen molar-refractivity contribution in [1.82, 2.24) is 19.3 Å². The first kappa shape index (κ1) is 24.0. The summed E-state index contributed by atoms with van der Waals surface area (Å²) in [6, 6.07) is 10.0. The molecule has 0 aliphatic rings. The Morgan fingerprint density at radius 1 is 1.12 bits per heavy atom. The van der Waals surface area contributed by atoms with Gasteiger partial charge in [0, 0.05) is 38.1 Å². The van der Waals surface area contributed by atoms with Crippen LogP contribution in [-0.2, 0) is 27.7 Å². The summed E-state index contributed by atoms with van der Waals surface area (Å²) in [4.78, 5) is 8.58. The molecule has 180 valence electrons. The second-order valence-corrected chi connectivity index (χ2v) is 9.55. The average molecular weight is 490 g/mol. The molecule has 0 bridgehead atoms. The Morgan fingerprint density at radius 3 is 2.68 bits per heavy atom. The first-order valence-electron chi connectivity index (χ1n) is 10.8. The summed E-state index contributed by atoms with van der Waals surface area (Å²) in [5, 5.41) is 0.926. The van der Waals surface area contributed by atoms with Gasteiger partial charge in [0.1, 0.15) is 27.9 Å². The van der Waals surface area contributed by atoms with Crippen LogP contribution in [0.15, 0.2) is 47.4 Å². The van der Waals surface area contributed by atoms with E-state index in [4.69, 9.17) is 15.5 Å². The molecule has 0 aliphatic heterocycles. The van der Waals surface area contributed by atoms with Crippen molar-refractivity contribution in [1.29, 1.82) is 0 Å². The summed E-state index contributed by atoms with van der Waals surface area (Å²) in [6.07, 6.45) is 1.69. The van der Waals surface area contributed by atoms with Crippen LogP contribution in [0.3, 0.4) is 0 Å². The molecular formula is C23H25F2N5O3S. The summed E-state index contributed by atoms with van der Waals surface area (Å²) in [5.41, 5.74) is 8.45. The predicted octanol–water partition coefficient (Wildman–Crippen LogP) is 3.39. The molecule has 0 spiro atoms. The van der Waals surface area contributed by atoms with Gasteiger partial charge in [-0.2, -0.15) is 0 Å². The number of anilines is 1. The lowest BCUT2D eigenvalue weighted by Gasteiger charge is -2.12. The highest BCUT2D eigenvalue weighted by molar-refractivity contribution is 7.89. The number of imidazole rings is 1. The SMILES string of the molecule is COCCc1nc2c(N)nc3ccccc3c2n1CCCCNS(=O)(=O)c1ccc(F)cc1F. The zero-order chi connectivity index (χ0) is 24.3. The third kappa shape index (κ3) is 4.86. The van der Waals surface area contributed by atoms with Gasteiger partial charge in [0.2, 0.25) is 10.0 Å². The van der Waals surface area contributed by atoms with Crippen LogP contribution < -0.4 is 10.5 Å². The zero-order valence-electron chi connectivity index (χ0n) is 18.6. The third-order valence-corrected chi connectivity index (χ3v) is 7.00. The molecule has 0 radical (unpaired) electrons. The maximum Gasteiger partial charge on any atom is 0.243 e. The number of hydrogen-bond acceptors (Lipinski definition) is 6. The van der Waals surface area contributed by atoms with Gasteiger partial charge in [0.25, 0.3) is 0 Å². The molecule has 0 saturated carbocycles. The number of methoxy groups -OCH3 is 1. The van der Waals surface area contributed by atoms with Crippen LogP contribution in [0, 0.1) is 11.6 Å². The smallest absolute Gasteiger partial charge is 0.243 e. The van der Waals surface area contributed by atoms with Gasteiger partial charge in [-0.25, -0.2) is 31.9 Å². The van der Waals surface area contributed by atoms with Crippen molar-refractivity contribution in [3.63, 3.8) is 0 Å². The molecule has 2 aromatic carbocycles. The minimum Gasteiger partial charge on any atom is -0.384 e. The third-order valence-electron chi connectivity index (χ3n) is 5.50. The van der Waals surface area contributed by atoms with Crippen LogP contribution in [-0.4, -0.2) is 43.2 Å². The highest BCUT2D eigenvalue weighted by Crippen LogP contribution is 2.29. The van der Waals surface area contributed by atoms with Crippen molar-refractivity contribution < 1.29 is 21.9 Å². The van der Waals surface area contributed by atoms with E-state index in [0.717, 1.165) is 34.4 Å². The summed E-state index contributed by atoms with van der Waals surface area (Å²) < 4.78 is 61.3. The van der Waals surface area contributed by atoms with Gasteiger partial charge in [-0.1, -0.05) is 18.2 Å². The number of nitrogens with zero attached hydrogens (tertiary/aromatic N) is 3. The molecule has 0 fully saturated rings. The molecule has 8 nitrogen and oxygen atoms in total. The Bertz CT molecular complexity index is 1440. The van der Waals surface area contributed by atoms with E-state index >= 15 is 0 Å². The minimum absolute atomic E-state index is 0.101. The fourth-order valence-electron chi connectivity index (χ4n) is 3.90. The normalized spacial score (nSPS) is 12.1. The first-order valence-corrected chi connectivity index (χ1v) is 12.3. The van der Waals surface area contributed by atoms with E-state index in [2.05, 4.69) is 14.3 Å². The molecule has 0 atom stereocenters. The van der Waals surface area contributed by atoms with Crippen molar-refractivity contribution in [2.45, 2.75) is 30.7 Å². The molecule has 11 heteroatoms. The van der Waals surface area contributed by atoms with E-state index < -0.39 is 26.6 Å². The fourth-order valence-corrected chi connectivity index (χ4v) is 5.03. The van der Waals surface area contributed by atoms with Crippen molar-refractivity contribution in [2.75, 3.05) is 26.0 Å². The van der Waals surface area contributed by atoms with Gasteiger partial charge in [0.15, 0.2) is 5.82 Å². The van der Waals surface area contributed by atoms with Gasteiger partial charge < -0.3 is 15.0 Å². The average Bonchev–Trinajstić information content (AvgIpc) is 3.16. The Kier molecular flexibility index (Phi) is 7.05. The Labute approximate surface area is 195 Å². The lowest BCUT2D eigenvalue weighted by Crippen LogP contribution is -2.26. The standard InChI is InChI=1S/C23H25F2N5O3S/c1-33-13-10-20-29-21-22(16-6-2-3-7-18(16)28-23(21)26)30(20)12-5-4-11-27-34(31,32)19-9-8-15(24)14-17(19)25/h2-3,6-9,14,27H,4-5,10-13H2,1H3,(H2,26,28). The van der Waals surface area contributed by atoms with E-state index in [9.17, 15) is 17.2 Å². The summed E-state index contributed by atoms with van der Waals surface area (Å²) in [7, 11) is -2.46. The fraction of sp³-hybridized carbons (Fsp3) is 0.304. The van der Waals surface area contributed by atoms with Crippen molar-refractivity contribution in [3.8, 4) is 0 Å². The first-order chi connectivity index (χ1) is 16.3. The quantitative estimate of drug-likeness (QED) is 0.330. The van der Waals surface area contributed by atoms with Crippen LogP contribution in [0.4, 0.5) is 14.6 Å². The minimum atomic E-state index is -4.08. The zero-order valence-corrected chi connectivity index (χ0v) is 19.4. The highest BCUT2D eigenvalue weighted by atomic mass is 32.2. The number of nitrogens with one attached hydrogen (secondary N) is 1. The number of fused-ring (bicyclic) bond motifs is 3. The number of nitrogen functional groups attached to an aromatic ring is 1. The van der Waals surface area contributed by atoms with E-state index in [0.29, 0.717) is 49.8 Å². The number of pyridine rings is 1. The van der Waals surface area contributed by atoms with Gasteiger partial charge in [-0.3, -0.25) is 0 Å². The van der Waals surface area contributed by atoms with Gasteiger partial charge in [0.05, 0.1) is 17.6 Å². The molecule has 0 unspecified atom stereocenters. The van der Waals surface area contributed by atoms with Crippen molar-refractivity contribution >= 4 is 37.8 Å². The molecule has 4 aromatic rings. The van der Waals surface area contributed by atoms with Crippen LogP contribution in [0.25, 0.3) is 21.9 Å². The molecule has 3 N–H and O–H groups in total. The number of aryl methyl sites for hydroxylation is 1. The number of sulfonamides is 1. The molecular weight excluding hydrogens is 464 g/mol. The lowest BCUT2D eigenvalue weighted by atomic mass is 10.2. The number of rotatable bonds is 10. The van der Waals surface area contributed by atoms with E-state index in [1.165, 1.54) is 0 Å². The summed E-state index contributed by atoms with van der Waals surface area (Å²) >= 11 is 0. The predicted molar refractivity (Wildman–Crippen MR) is 126 cm³/mol. The van der Waals surface area contributed by atoms with Gasteiger partial charge >= 0.3 is 0 Å². The number of hydrogen-bond donors (Lipinski definition) is 2. The molecule has 2 aromatic heterocycles. The second kappa shape index (κ2) is 10.00. The van der Waals surface area contributed by atoms with Crippen LogP contribution in [0.2, 0.25) is 0 Å². The molecule has 0 amide bonds. The maximum absolute atomic E-state index is 13.9. The number of aromatic nitrogens is 3. The molecule has 0 aliphatic carbocycles. The Balaban J connectivity index is 1.51. The van der Waals surface area contributed by atoms with E-state index in [1.807, 2.05) is 24.3 Å². The molecule has 4 rings (SSSR count). The van der Waals surface area contributed by atoms with Crippen LogP contribution in [0.5, 0.6) is 0 Å². The molecule has 2 heterocycles. The van der Waals surface area contributed by atoms with Crippen molar-refractivity contribution in [2.24, 2.45) is 0 Å². The van der Waals surface area contributed by atoms with E-state index in [-0.39, 0.29) is 6.54 Å². The summed E-state index contributed by atoms with van der Waals surface area (Å²) in [6.45, 7) is 1.15. The number of unbranched alkanes of at least 4 members (excludes halogenated alkanes) is 1. The lowest BCUT2D eigenvalue weighted by molar-refractivity contribution is 0.199. The molecule has 34 heavy (non-hydrogen) atoms. The maximum atomic E-state index is 13.9. The van der Waals surface area contributed by atoms with Gasteiger partial charge in [-0.15, -0.1) is 0 Å². The Hall–Kier alpha value is -3.15. The van der Waals surface area contributed by atoms with Crippen LogP contribution >= 0.6 is 0 Å². The number of benzene rings is 2. The summed E-state index contributed by atoms with van der Waals surface area (Å²) in [5.74, 6) is -0.814. The largest absolute Gasteiger partial charge is 0.384 e. The number of halogens is 2.